The Bertz CT molecular complexity index is 759. The normalized spacial score (nSPS) is 20.0. The molecule has 25 heavy (non-hydrogen) atoms. The van der Waals surface area contributed by atoms with Crippen molar-refractivity contribution < 1.29 is 9.53 Å². The van der Waals surface area contributed by atoms with Crippen molar-refractivity contribution in [3.05, 3.63) is 41.2 Å². The Kier molecular flexibility index (Phi) is 5.30. The van der Waals surface area contributed by atoms with Gasteiger partial charge in [-0.25, -0.2) is 0 Å². The van der Waals surface area contributed by atoms with Crippen LogP contribution in [0.2, 0.25) is 5.02 Å². The van der Waals surface area contributed by atoms with Gasteiger partial charge in [0.05, 0.1) is 23.2 Å². The number of hydrogen-bond acceptors (Lipinski definition) is 4. The van der Waals surface area contributed by atoms with Crippen LogP contribution in [0.3, 0.4) is 0 Å². The summed E-state index contributed by atoms with van der Waals surface area (Å²) < 4.78 is 7.38. The Hall–Kier alpha value is -2.05. The van der Waals surface area contributed by atoms with Crippen molar-refractivity contribution in [3.63, 3.8) is 0 Å². The van der Waals surface area contributed by atoms with Crippen LogP contribution in [-0.2, 0) is 11.8 Å². The summed E-state index contributed by atoms with van der Waals surface area (Å²) in [4.78, 5) is 12.7. The second-order valence-corrected chi connectivity index (χ2v) is 7.03. The molecule has 1 fully saturated rings. The van der Waals surface area contributed by atoms with Gasteiger partial charge >= 0.3 is 0 Å². The predicted molar refractivity (Wildman–Crippen MR) is 98.2 cm³/mol. The Morgan fingerprint density at radius 2 is 2.24 bits per heavy atom. The number of nitrogens with one attached hydrogen (secondary N) is 2. The zero-order valence-corrected chi connectivity index (χ0v) is 15.4. The first-order valence-corrected chi connectivity index (χ1v) is 8.78. The lowest BCUT2D eigenvalue weighted by Gasteiger charge is -2.18. The summed E-state index contributed by atoms with van der Waals surface area (Å²) in [6, 6.07) is 5.31. The molecule has 6 nitrogen and oxygen atoms in total. The second-order valence-electron chi connectivity index (χ2n) is 6.62. The molecule has 134 valence electrons. The Labute approximate surface area is 152 Å². The molecule has 2 atom stereocenters. The highest BCUT2D eigenvalue weighted by molar-refractivity contribution is 6.32. The zero-order valence-electron chi connectivity index (χ0n) is 14.6. The zero-order chi connectivity index (χ0) is 18.0. The van der Waals surface area contributed by atoms with E-state index in [9.17, 15) is 4.79 Å². The fraction of sp³-hybridized carbons (Fsp3) is 0.444. The van der Waals surface area contributed by atoms with Crippen molar-refractivity contribution in [2.24, 2.45) is 13.0 Å². The van der Waals surface area contributed by atoms with E-state index in [0.717, 1.165) is 12.1 Å². The highest BCUT2D eigenvalue weighted by Crippen LogP contribution is 2.31. The van der Waals surface area contributed by atoms with E-state index in [0.29, 0.717) is 23.0 Å². The van der Waals surface area contributed by atoms with E-state index in [4.69, 9.17) is 16.3 Å². The fourth-order valence-corrected chi connectivity index (χ4v) is 3.32. The third kappa shape index (κ3) is 4.14. The summed E-state index contributed by atoms with van der Waals surface area (Å²) in [7, 11) is 1.88. The summed E-state index contributed by atoms with van der Waals surface area (Å²) in [6.45, 7) is 5.30. The number of hydrogen-bond donors (Lipinski definition) is 2. The summed E-state index contributed by atoms with van der Waals surface area (Å²) in [5.74, 6) is 0.570. The molecule has 0 unspecified atom stereocenters. The van der Waals surface area contributed by atoms with Crippen LogP contribution in [0.1, 0.15) is 25.3 Å². The Morgan fingerprint density at radius 3 is 2.88 bits per heavy atom. The van der Waals surface area contributed by atoms with Crippen LogP contribution in [-0.4, -0.2) is 34.9 Å². The Morgan fingerprint density at radius 1 is 1.44 bits per heavy atom. The molecule has 0 saturated carbocycles. The molecule has 0 spiro atoms. The standard InChI is InChI=1S/C18H23ClN4O2/c1-11(2)25-17-5-4-13(6-16(17)19)22-18(24)15-9-20-8-14(15)12-7-21-23(3)10-12/h4-7,10-11,14-15,20H,8-9H2,1-3H3,(H,22,24)/t14-,15+/m1/s1. The van der Waals surface area contributed by atoms with Crippen molar-refractivity contribution in [1.82, 2.24) is 15.1 Å². The van der Waals surface area contributed by atoms with E-state index in [1.807, 2.05) is 39.4 Å². The van der Waals surface area contributed by atoms with E-state index in [-0.39, 0.29) is 23.8 Å². The number of ether oxygens (including phenoxy) is 1. The number of carbonyl (C=O) groups is 1. The molecule has 2 aromatic rings. The minimum atomic E-state index is -0.144. The van der Waals surface area contributed by atoms with E-state index < -0.39 is 0 Å². The molecule has 1 aliphatic rings. The summed E-state index contributed by atoms with van der Waals surface area (Å²) in [6.07, 6.45) is 3.84. The van der Waals surface area contributed by atoms with Crippen LogP contribution >= 0.6 is 11.6 Å². The van der Waals surface area contributed by atoms with Gasteiger partial charge in [-0.2, -0.15) is 5.10 Å². The number of aryl methyl sites for hydroxylation is 1. The van der Waals surface area contributed by atoms with Crippen molar-refractivity contribution in [1.29, 1.82) is 0 Å². The van der Waals surface area contributed by atoms with Crippen molar-refractivity contribution in [2.75, 3.05) is 18.4 Å². The van der Waals surface area contributed by atoms with Crippen LogP contribution in [0.15, 0.2) is 30.6 Å². The molecule has 0 bridgehead atoms. The molecule has 2 heterocycles. The number of rotatable bonds is 5. The van der Waals surface area contributed by atoms with Gasteiger partial charge in [0, 0.05) is 37.9 Å². The molecule has 1 aromatic heterocycles. The third-order valence-electron chi connectivity index (χ3n) is 4.27. The first-order chi connectivity index (χ1) is 11.9. The lowest BCUT2D eigenvalue weighted by molar-refractivity contribution is -0.119. The number of amides is 1. The summed E-state index contributed by atoms with van der Waals surface area (Å²) in [5.41, 5.74) is 1.74. The number of nitrogens with zero attached hydrogens (tertiary/aromatic N) is 2. The predicted octanol–water partition coefficient (Wildman–Crippen LogP) is 2.80. The van der Waals surface area contributed by atoms with E-state index in [1.165, 1.54) is 0 Å². The molecule has 1 aromatic carbocycles. The number of benzene rings is 1. The quantitative estimate of drug-likeness (QED) is 0.858. The average molecular weight is 363 g/mol. The van der Waals surface area contributed by atoms with Crippen LogP contribution in [0.5, 0.6) is 5.75 Å². The molecule has 0 aliphatic carbocycles. The molecule has 2 N–H and O–H groups in total. The minimum absolute atomic E-state index is 0.0209. The third-order valence-corrected chi connectivity index (χ3v) is 4.56. The van der Waals surface area contributed by atoms with Gasteiger partial charge in [0.1, 0.15) is 5.75 Å². The molecule has 3 rings (SSSR count). The van der Waals surface area contributed by atoms with Crippen LogP contribution in [0, 0.1) is 5.92 Å². The number of anilines is 1. The second kappa shape index (κ2) is 7.45. The van der Waals surface area contributed by atoms with E-state index in [2.05, 4.69) is 15.7 Å². The lowest BCUT2D eigenvalue weighted by Crippen LogP contribution is -2.28. The number of carbonyl (C=O) groups excluding carboxylic acids is 1. The molecule has 1 saturated heterocycles. The largest absolute Gasteiger partial charge is 0.489 e. The number of halogens is 1. The topological polar surface area (TPSA) is 68.2 Å². The summed E-state index contributed by atoms with van der Waals surface area (Å²) in [5, 5.41) is 11.0. The van der Waals surface area contributed by atoms with E-state index in [1.54, 1.807) is 16.8 Å². The van der Waals surface area contributed by atoms with Gasteiger partial charge in [-0.1, -0.05) is 11.6 Å². The SMILES string of the molecule is CC(C)Oc1ccc(NC(=O)[C@H]2CNC[C@@H]2c2cnn(C)c2)cc1Cl. The lowest BCUT2D eigenvalue weighted by atomic mass is 9.90. The van der Waals surface area contributed by atoms with Crippen molar-refractivity contribution >= 4 is 23.2 Å². The smallest absolute Gasteiger partial charge is 0.229 e. The first-order valence-electron chi connectivity index (χ1n) is 8.40. The highest BCUT2D eigenvalue weighted by atomic mass is 35.5. The van der Waals surface area contributed by atoms with Crippen LogP contribution in [0.25, 0.3) is 0 Å². The number of aromatic nitrogens is 2. The fourth-order valence-electron chi connectivity index (χ4n) is 3.10. The summed E-state index contributed by atoms with van der Waals surface area (Å²) >= 11 is 6.24. The van der Waals surface area contributed by atoms with Gasteiger partial charge in [0.2, 0.25) is 5.91 Å². The van der Waals surface area contributed by atoms with Gasteiger partial charge < -0.3 is 15.4 Å². The maximum absolute atomic E-state index is 12.7. The first kappa shape index (κ1) is 17.8. The van der Waals surface area contributed by atoms with Crippen LogP contribution in [0.4, 0.5) is 5.69 Å². The average Bonchev–Trinajstić information content (AvgIpc) is 3.18. The minimum Gasteiger partial charge on any atom is -0.489 e. The maximum atomic E-state index is 12.7. The molecular formula is C18H23ClN4O2. The van der Waals surface area contributed by atoms with Gasteiger partial charge in [-0.15, -0.1) is 0 Å². The van der Waals surface area contributed by atoms with E-state index >= 15 is 0 Å². The Balaban J connectivity index is 1.70. The molecule has 7 heteroatoms. The van der Waals surface area contributed by atoms with Crippen LogP contribution < -0.4 is 15.4 Å². The monoisotopic (exact) mass is 362 g/mol. The molecule has 0 radical (unpaired) electrons. The maximum Gasteiger partial charge on any atom is 0.229 e. The van der Waals surface area contributed by atoms with Crippen molar-refractivity contribution in [3.8, 4) is 5.75 Å². The van der Waals surface area contributed by atoms with Gasteiger partial charge in [-0.3, -0.25) is 9.48 Å². The molecule has 1 aliphatic heterocycles. The van der Waals surface area contributed by atoms with Crippen molar-refractivity contribution in [2.45, 2.75) is 25.9 Å². The molecule has 1 amide bonds. The van der Waals surface area contributed by atoms with Gasteiger partial charge in [0.25, 0.3) is 0 Å². The van der Waals surface area contributed by atoms with Gasteiger partial charge in [-0.05, 0) is 37.6 Å². The molecular weight excluding hydrogens is 340 g/mol. The van der Waals surface area contributed by atoms with Gasteiger partial charge in [0.15, 0.2) is 0 Å². The highest BCUT2D eigenvalue weighted by Gasteiger charge is 2.34.